The van der Waals surface area contributed by atoms with E-state index in [0.717, 1.165) is 0 Å². The minimum Gasteiger partial charge on any atom is -0.239 e. The van der Waals surface area contributed by atoms with E-state index in [9.17, 15) is 22.0 Å². The molecule has 8 heteroatoms. The van der Waals surface area contributed by atoms with Gasteiger partial charge in [-0.2, -0.15) is 18.4 Å². The SMILES string of the molecule is N#CCc1cc(C(F)F)c(C(F)(F)F)c(Cl)n1. The lowest BCUT2D eigenvalue weighted by atomic mass is 10.1. The Kier molecular flexibility index (Phi) is 3.88. The van der Waals surface area contributed by atoms with Crippen molar-refractivity contribution in [3.05, 3.63) is 28.0 Å². The van der Waals surface area contributed by atoms with Gasteiger partial charge in [0.1, 0.15) is 10.7 Å². The van der Waals surface area contributed by atoms with Crippen LogP contribution in [0.15, 0.2) is 6.07 Å². The predicted octanol–water partition coefficient (Wildman–Crippen LogP) is 3.76. The predicted molar refractivity (Wildman–Crippen MR) is 48.5 cm³/mol. The molecule has 0 aromatic carbocycles. The first-order chi connectivity index (χ1) is 7.77. The molecule has 17 heavy (non-hydrogen) atoms. The molecule has 0 amide bonds. The van der Waals surface area contributed by atoms with E-state index in [1.165, 1.54) is 0 Å². The fourth-order valence-electron chi connectivity index (χ4n) is 1.21. The molecule has 0 fully saturated rings. The van der Waals surface area contributed by atoms with Crippen molar-refractivity contribution in [3.8, 4) is 6.07 Å². The number of nitriles is 1. The molecule has 0 unspecified atom stereocenters. The van der Waals surface area contributed by atoms with Gasteiger partial charge in [0.25, 0.3) is 6.43 Å². The molecular weight excluding hydrogens is 267 g/mol. The molecule has 1 heterocycles. The quantitative estimate of drug-likeness (QED) is 0.606. The highest BCUT2D eigenvalue weighted by Gasteiger charge is 2.39. The van der Waals surface area contributed by atoms with E-state index in [4.69, 9.17) is 16.9 Å². The summed E-state index contributed by atoms with van der Waals surface area (Å²) in [5.41, 5.74) is -3.14. The Balaban J connectivity index is 3.45. The van der Waals surface area contributed by atoms with Gasteiger partial charge in [0.2, 0.25) is 0 Å². The van der Waals surface area contributed by atoms with Gasteiger partial charge in [0, 0.05) is 5.56 Å². The number of pyridine rings is 1. The fourth-order valence-corrected chi connectivity index (χ4v) is 1.53. The maximum atomic E-state index is 12.5. The molecule has 0 saturated carbocycles. The molecule has 2 nitrogen and oxygen atoms in total. The van der Waals surface area contributed by atoms with Crippen molar-refractivity contribution in [1.29, 1.82) is 5.26 Å². The Labute approximate surface area is 97.6 Å². The lowest BCUT2D eigenvalue weighted by Gasteiger charge is -2.14. The van der Waals surface area contributed by atoms with Crippen LogP contribution in [0, 0.1) is 11.3 Å². The van der Waals surface area contributed by atoms with Crippen molar-refractivity contribution in [2.24, 2.45) is 0 Å². The largest absolute Gasteiger partial charge is 0.419 e. The number of aromatic nitrogens is 1. The third-order valence-corrected chi connectivity index (χ3v) is 2.11. The smallest absolute Gasteiger partial charge is 0.239 e. The van der Waals surface area contributed by atoms with Gasteiger partial charge in [0.05, 0.1) is 18.2 Å². The maximum Gasteiger partial charge on any atom is 0.419 e. The second-order valence-electron chi connectivity index (χ2n) is 3.00. The summed E-state index contributed by atoms with van der Waals surface area (Å²) in [5, 5.41) is 7.26. The number of alkyl halides is 5. The normalized spacial score (nSPS) is 11.6. The molecule has 0 aliphatic heterocycles. The van der Waals surface area contributed by atoms with Crippen molar-refractivity contribution in [2.75, 3.05) is 0 Å². The summed E-state index contributed by atoms with van der Waals surface area (Å²) >= 11 is 5.23. The van der Waals surface area contributed by atoms with Gasteiger partial charge in [-0.05, 0) is 6.07 Å². The topological polar surface area (TPSA) is 36.7 Å². The van der Waals surface area contributed by atoms with Crippen molar-refractivity contribution in [3.63, 3.8) is 0 Å². The molecule has 1 rings (SSSR count). The highest BCUT2D eigenvalue weighted by molar-refractivity contribution is 6.30. The van der Waals surface area contributed by atoms with E-state index < -0.39 is 35.3 Å². The summed E-state index contributed by atoms with van der Waals surface area (Å²) in [7, 11) is 0. The van der Waals surface area contributed by atoms with Crippen LogP contribution in [0.4, 0.5) is 22.0 Å². The first kappa shape index (κ1) is 13.6. The second-order valence-corrected chi connectivity index (χ2v) is 3.36. The molecule has 0 N–H and O–H groups in total. The van der Waals surface area contributed by atoms with Gasteiger partial charge in [-0.1, -0.05) is 11.6 Å². The Bertz CT molecular complexity index is 464. The average Bonchev–Trinajstić information content (AvgIpc) is 2.14. The van der Waals surface area contributed by atoms with Crippen LogP contribution < -0.4 is 0 Å². The monoisotopic (exact) mass is 270 g/mol. The van der Waals surface area contributed by atoms with Crippen molar-refractivity contribution >= 4 is 11.6 Å². The summed E-state index contributed by atoms with van der Waals surface area (Å²) in [6.07, 6.45) is -8.75. The number of hydrogen-bond acceptors (Lipinski definition) is 2. The van der Waals surface area contributed by atoms with E-state index in [-0.39, 0.29) is 5.69 Å². The van der Waals surface area contributed by atoms with Gasteiger partial charge >= 0.3 is 6.18 Å². The first-order valence-corrected chi connectivity index (χ1v) is 4.56. The van der Waals surface area contributed by atoms with Crippen LogP contribution in [0.1, 0.15) is 23.2 Å². The summed E-state index contributed by atoms with van der Waals surface area (Å²) in [4.78, 5) is 3.26. The van der Waals surface area contributed by atoms with Crippen LogP contribution in [-0.2, 0) is 12.6 Å². The summed E-state index contributed by atoms with van der Waals surface area (Å²) in [6, 6.07) is 2.13. The molecule has 0 saturated heterocycles. The average molecular weight is 271 g/mol. The minimum atomic E-state index is -5.01. The Hall–Kier alpha value is -1.42. The van der Waals surface area contributed by atoms with E-state index in [1.807, 2.05) is 0 Å². The number of nitrogens with zero attached hydrogens (tertiary/aromatic N) is 2. The van der Waals surface area contributed by atoms with Crippen molar-refractivity contribution in [2.45, 2.75) is 19.0 Å². The molecule has 0 spiro atoms. The van der Waals surface area contributed by atoms with Gasteiger partial charge in [-0.3, -0.25) is 0 Å². The number of rotatable bonds is 2. The van der Waals surface area contributed by atoms with Gasteiger partial charge in [-0.15, -0.1) is 0 Å². The van der Waals surface area contributed by atoms with Crippen LogP contribution >= 0.6 is 11.6 Å². The third-order valence-electron chi connectivity index (χ3n) is 1.84. The summed E-state index contributed by atoms with van der Waals surface area (Å²) in [6.45, 7) is 0. The van der Waals surface area contributed by atoms with Crippen LogP contribution in [-0.4, -0.2) is 4.98 Å². The maximum absolute atomic E-state index is 12.5. The van der Waals surface area contributed by atoms with E-state index in [1.54, 1.807) is 6.07 Å². The molecule has 0 aliphatic rings. The molecule has 0 atom stereocenters. The van der Waals surface area contributed by atoms with Gasteiger partial charge < -0.3 is 0 Å². The molecule has 0 radical (unpaired) electrons. The zero-order chi connectivity index (χ0) is 13.2. The second kappa shape index (κ2) is 4.84. The van der Waals surface area contributed by atoms with Crippen LogP contribution in [0.2, 0.25) is 5.15 Å². The van der Waals surface area contributed by atoms with Crippen molar-refractivity contribution < 1.29 is 22.0 Å². The zero-order valence-corrected chi connectivity index (χ0v) is 8.78. The fraction of sp³-hybridized carbons (Fsp3) is 0.333. The molecule has 0 bridgehead atoms. The lowest BCUT2D eigenvalue weighted by molar-refractivity contribution is -0.139. The van der Waals surface area contributed by atoms with Crippen LogP contribution in [0.3, 0.4) is 0 Å². The number of halogens is 6. The highest BCUT2D eigenvalue weighted by atomic mass is 35.5. The molecular formula is C9H4ClF5N2. The van der Waals surface area contributed by atoms with Crippen LogP contribution in [0.25, 0.3) is 0 Å². The van der Waals surface area contributed by atoms with E-state index >= 15 is 0 Å². The molecule has 1 aromatic heterocycles. The standard InChI is InChI=1S/C9H4ClF5N2/c10-7-6(9(13,14)15)5(8(11)12)3-4(17-7)1-2-16/h3,8H,1H2. The van der Waals surface area contributed by atoms with Gasteiger partial charge in [-0.25, -0.2) is 13.8 Å². The Morgan fingerprint density at radius 1 is 1.41 bits per heavy atom. The molecule has 1 aromatic rings. The third kappa shape index (κ3) is 3.03. The number of hydrogen-bond donors (Lipinski definition) is 0. The highest BCUT2D eigenvalue weighted by Crippen LogP contribution is 2.40. The Morgan fingerprint density at radius 2 is 2.00 bits per heavy atom. The van der Waals surface area contributed by atoms with Crippen LogP contribution in [0.5, 0.6) is 0 Å². The minimum absolute atomic E-state index is 0.221. The van der Waals surface area contributed by atoms with Crippen molar-refractivity contribution in [1.82, 2.24) is 4.98 Å². The van der Waals surface area contributed by atoms with Gasteiger partial charge in [0.15, 0.2) is 0 Å². The molecule has 92 valence electrons. The summed E-state index contributed by atoms with van der Waals surface area (Å²) < 4.78 is 62.4. The lowest BCUT2D eigenvalue weighted by Crippen LogP contribution is -2.13. The zero-order valence-electron chi connectivity index (χ0n) is 8.02. The molecule has 0 aliphatic carbocycles. The van der Waals surface area contributed by atoms with E-state index in [2.05, 4.69) is 4.98 Å². The first-order valence-electron chi connectivity index (χ1n) is 4.19. The summed E-state index contributed by atoms with van der Waals surface area (Å²) in [5.74, 6) is 0. The Morgan fingerprint density at radius 3 is 2.41 bits per heavy atom. The van der Waals surface area contributed by atoms with E-state index in [0.29, 0.717) is 6.07 Å².